The molecule has 2 amide bonds. The highest BCUT2D eigenvalue weighted by Gasteiger charge is 2.26. The molecule has 0 aliphatic heterocycles. The van der Waals surface area contributed by atoms with Crippen molar-refractivity contribution in [1.82, 2.24) is 20.0 Å². The summed E-state index contributed by atoms with van der Waals surface area (Å²) in [6.45, 7) is 1.37. The minimum absolute atomic E-state index is 0.0620. The number of hydrogen-bond donors (Lipinski definition) is 1. The van der Waals surface area contributed by atoms with Gasteiger partial charge in [0.2, 0.25) is 0 Å². The molecule has 124 valence electrons. The third kappa shape index (κ3) is 4.34. The Morgan fingerprint density at radius 1 is 1.43 bits per heavy atom. The lowest BCUT2D eigenvalue weighted by molar-refractivity contribution is 0.171. The quantitative estimate of drug-likeness (QED) is 0.883. The molecule has 6 heteroatoms. The second-order valence-corrected chi connectivity index (χ2v) is 6.98. The molecule has 5 nitrogen and oxygen atoms in total. The van der Waals surface area contributed by atoms with Crippen molar-refractivity contribution in [3.8, 4) is 0 Å². The lowest BCUT2D eigenvalue weighted by atomic mass is 10.2. The van der Waals surface area contributed by atoms with Crippen LogP contribution in [0, 0.1) is 0 Å². The second-order valence-electron chi connectivity index (χ2n) is 6.20. The van der Waals surface area contributed by atoms with Gasteiger partial charge in [-0.3, -0.25) is 4.68 Å². The predicted molar refractivity (Wildman–Crippen MR) is 92.4 cm³/mol. The number of nitrogens with one attached hydrogen (secondary N) is 1. The fraction of sp³-hybridized carbons (Fsp3) is 0.529. The van der Waals surface area contributed by atoms with Crippen LogP contribution in [-0.4, -0.2) is 33.3 Å². The molecule has 1 N–H and O–H groups in total. The van der Waals surface area contributed by atoms with Gasteiger partial charge in [-0.15, -0.1) is 0 Å². The van der Waals surface area contributed by atoms with E-state index in [0.717, 1.165) is 24.8 Å². The van der Waals surface area contributed by atoms with Crippen molar-refractivity contribution in [3.05, 3.63) is 40.3 Å². The molecular weight excluding hydrogens is 308 g/mol. The largest absolute Gasteiger partial charge is 0.338 e. The number of amides is 2. The van der Waals surface area contributed by atoms with Crippen molar-refractivity contribution in [2.24, 2.45) is 7.05 Å². The maximum absolute atomic E-state index is 12.6. The van der Waals surface area contributed by atoms with Gasteiger partial charge in [0.05, 0.1) is 6.20 Å². The van der Waals surface area contributed by atoms with E-state index in [9.17, 15) is 4.79 Å². The summed E-state index contributed by atoms with van der Waals surface area (Å²) in [5, 5.41) is 11.4. The molecule has 2 aromatic rings. The van der Waals surface area contributed by atoms with E-state index in [-0.39, 0.29) is 6.03 Å². The van der Waals surface area contributed by atoms with E-state index >= 15 is 0 Å². The highest BCUT2D eigenvalue weighted by Crippen LogP contribution is 2.25. The topological polar surface area (TPSA) is 50.2 Å². The van der Waals surface area contributed by atoms with Crippen LogP contribution in [0.2, 0.25) is 0 Å². The maximum Gasteiger partial charge on any atom is 0.317 e. The van der Waals surface area contributed by atoms with Gasteiger partial charge in [-0.25, -0.2) is 4.79 Å². The van der Waals surface area contributed by atoms with Crippen LogP contribution >= 0.6 is 11.3 Å². The number of hydrogen-bond acceptors (Lipinski definition) is 3. The Hall–Kier alpha value is -1.82. The molecule has 2 aromatic heterocycles. The van der Waals surface area contributed by atoms with Crippen molar-refractivity contribution in [1.29, 1.82) is 0 Å². The molecule has 1 aliphatic carbocycles. The van der Waals surface area contributed by atoms with Crippen LogP contribution in [0.5, 0.6) is 0 Å². The average molecular weight is 332 g/mol. The van der Waals surface area contributed by atoms with Crippen LogP contribution in [0.4, 0.5) is 4.79 Å². The van der Waals surface area contributed by atoms with E-state index in [0.29, 0.717) is 19.1 Å². The number of urea groups is 1. The summed E-state index contributed by atoms with van der Waals surface area (Å²) in [5.74, 6) is 0. The van der Waals surface area contributed by atoms with Gasteiger partial charge in [-0.2, -0.15) is 16.4 Å². The van der Waals surface area contributed by atoms with E-state index in [2.05, 4.69) is 27.2 Å². The molecule has 0 aromatic carbocycles. The monoisotopic (exact) mass is 332 g/mol. The Balaban J connectivity index is 1.55. The van der Waals surface area contributed by atoms with Gasteiger partial charge >= 0.3 is 6.03 Å². The smallest absolute Gasteiger partial charge is 0.317 e. The first-order valence-corrected chi connectivity index (χ1v) is 9.20. The summed E-state index contributed by atoms with van der Waals surface area (Å²) in [6, 6.07) is 2.55. The highest BCUT2D eigenvalue weighted by atomic mass is 32.1. The van der Waals surface area contributed by atoms with E-state index in [1.54, 1.807) is 16.0 Å². The zero-order valence-corrected chi connectivity index (χ0v) is 14.4. The first-order chi connectivity index (χ1) is 11.2. The van der Waals surface area contributed by atoms with Crippen molar-refractivity contribution in [2.45, 2.75) is 44.7 Å². The van der Waals surface area contributed by atoms with Crippen molar-refractivity contribution in [2.75, 3.05) is 6.54 Å². The number of carbonyl (C=O) groups excluding carboxylic acids is 1. The van der Waals surface area contributed by atoms with Crippen LogP contribution in [0.15, 0.2) is 29.2 Å². The Bertz CT molecular complexity index is 616. The Labute approximate surface area is 141 Å². The lowest BCUT2D eigenvalue weighted by Crippen LogP contribution is -2.45. The molecule has 0 atom stereocenters. The molecule has 0 saturated heterocycles. The number of carbonyl (C=O) groups is 1. The van der Waals surface area contributed by atoms with Gasteiger partial charge in [0.1, 0.15) is 0 Å². The Morgan fingerprint density at radius 3 is 2.91 bits per heavy atom. The van der Waals surface area contributed by atoms with Gasteiger partial charge in [0.25, 0.3) is 0 Å². The van der Waals surface area contributed by atoms with Gasteiger partial charge in [-0.1, -0.05) is 12.8 Å². The van der Waals surface area contributed by atoms with Crippen molar-refractivity contribution in [3.63, 3.8) is 0 Å². The molecule has 1 saturated carbocycles. The zero-order valence-electron chi connectivity index (χ0n) is 13.6. The van der Waals surface area contributed by atoms with Crippen LogP contribution in [0.25, 0.3) is 0 Å². The molecule has 0 radical (unpaired) electrons. The van der Waals surface area contributed by atoms with Gasteiger partial charge in [0.15, 0.2) is 0 Å². The van der Waals surface area contributed by atoms with Crippen LogP contribution in [-0.2, 0) is 20.0 Å². The minimum atomic E-state index is 0.0620. The number of aryl methyl sites for hydroxylation is 1. The number of rotatable bonds is 6. The van der Waals surface area contributed by atoms with Gasteiger partial charge in [0, 0.05) is 32.4 Å². The summed E-state index contributed by atoms with van der Waals surface area (Å²) in [6.07, 6.45) is 9.37. The fourth-order valence-electron chi connectivity index (χ4n) is 3.18. The average Bonchev–Trinajstić information content (AvgIpc) is 3.27. The SMILES string of the molecule is Cn1cc(CCNC(=O)N(Cc2ccsc2)C2CCCC2)cn1. The molecular formula is C17H24N4OS. The minimum Gasteiger partial charge on any atom is -0.338 e. The fourth-order valence-corrected chi connectivity index (χ4v) is 3.84. The zero-order chi connectivity index (χ0) is 16.1. The third-order valence-corrected chi connectivity index (χ3v) is 5.14. The molecule has 1 fully saturated rings. The Kier molecular flexibility index (Phi) is 5.33. The van der Waals surface area contributed by atoms with Crippen LogP contribution < -0.4 is 5.32 Å². The standard InChI is InChI=1S/C17H24N4OS/c1-20-11-14(10-19-20)6-8-18-17(22)21(16-4-2-3-5-16)12-15-7-9-23-13-15/h7,9-11,13,16H,2-6,8,12H2,1H3,(H,18,22). The lowest BCUT2D eigenvalue weighted by Gasteiger charge is -2.29. The first-order valence-electron chi connectivity index (χ1n) is 8.25. The molecule has 3 rings (SSSR count). The number of thiophene rings is 1. The van der Waals surface area contributed by atoms with Gasteiger partial charge in [-0.05, 0) is 47.2 Å². The van der Waals surface area contributed by atoms with Crippen molar-refractivity contribution < 1.29 is 4.79 Å². The number of nitrogens with zero attached hydrogens (tertiary/aromatic N) is 3. The molecule has 1 aliphatic rings. The summed E-state index contributed by atoms with van der Waals surface area (Å²) in [4.78, 5) is 14.7. The molecule has 0 unspecified atom stereocenters. The van der Waals surface area contributed by atoms with E-state index in [1.807, 2.05) is 24.3 Å². The molecule has 2 heterocycles. The maximum atomic E-state index is 12.6. The Morgan fingerprint density at radius 2 is 2.26 bits per heavy atom. The third-order valence-electron chi connectivity index (χ3n) is 4.41. The van der Waals surface area contributed by atoms with E-state index in [1.165, 1.54) is 18.4 Å². The predicted octanol–water partition coefficient (Wildman–Crippen LogP) is 3.18. The van der Waals surface area contributed by atoms with E-state index in [4.69, 9.17) is 0 Å². The normalized spacial score (nSPS) is 15.0. The highest BCUT2D eigenvalue weighted by molar-refractivity contribution is 7.07. The second kappa shape index (κ2) is 7.64. The van der Waals surface area contributed by atoms with Gasteiger partial charge < -0.3 is 10.2 Å². The molecule has 0 spiro atoms. The van der Waals surface area contributed by atoms with Crippen LogP contribution in [0.1, 0.15) is 36.8 Å². The summed E-state index contributed by atoms with van der Waals surface area (Å²) < 4.78 is 1.79. The molecule has 0 bridgehead atoms. The van der Waals surface area contributed by atoms with E-state index < -0.39 is 0 Å². The summed E-state index contributed by atoms with van der Waals surface area (Å²) in [5.41, 5.74) is 2.38. The van der Waals surface area contributed by atoms with Crippen molar-refractivity contribution >= 4 is 17.4 Å². The first kappa shape index (κ1) is 16.1. The summed E-state index contributed by atoms with van der Waals surface area (Å²) >= 11 is 1.69. The molecule has 23 heavy (non-hydrogen) atoms. The number of aromatic nitrogens is 2. The summed E-state index contributed by atoms with van der Waals surface area (Å²) in [7, 11) is 1.91. The van der Waals surface area contributed by atoms with Crippen LogP contribution in [0.3, 0.4) is 0 Å².